The standard InChI is InChI=1S/C27H28F3N3O3S/c1-16(2)33-15-31-23-10-9-22(32-37(35,36)27(30)11-12-27)20(24(23)26(33)34)14-17-5-3-6-18(13-17)19-7-4-8-21(28)25(19)29/h3-8,13,15-16,20,22,32H,9-12,14H2,1-2H3. The van der Waals surface area contributed by atoms with Crippen LogP contribution < -0.4 is 10.3 Å². The quantitative estimate of drug-likeness (QED) is 0.476. The summed E-state index contributed by atoms with van der Waals surface area (Å²) in [6, 6.07) is 9.91. The Morgan fingerprint density at radius 2 is 1.89 bits per heavy atom. The van der Waals surface area contributed by atoms with Gasteiger partial charge >= 0.3 is 0 Å². The van der Waals surface area contributed by atoms with Gasteiger partial charge in [-0.25, -0.2) is 31.3 Å². The molecule has 0 spiro atoms. The van der Waals surface area contributed by atoms with Crippen molar-refractivity contribution in [1.29, 1.82) is 0 Å². The van der Waals surface area contributed by atoms with Gasteiger partial charge in [-0.15, -0.1) is 0 Å². The molecule has 3 aromatic rings. The van der Waals surface area contributed by atoms with Crippen LogP contribution in [0.4, 0.5) is 13.2 Å². The normalized spacial score (nSPS) is 20.6. The maximum absolute atomic E-state index is 14.6. The zero-order chi connectivity index (χ0) is 26.5. The SMILES string of the molecule is CC(C)n1cnc2c(c1=O)C(Cc1cccc(-c3cccc(F)c3F)c1)C(NS(=O)(=O)C1(F)CC1)CC2. The van der Waals surface area contributed by atoms with Gasteiger partial charge in [0.15, 0.2) is 11.6 Å². The number of hydrogen-bond donors (Lipinski definition) is 1. The van der Waals surface area contributed by atoms with Crippen molar-refractivity contribution >= 4 is 10.0 Å². The van der Waals surface area contributed by atoms with E-state index in [0.717, 1.165) is 6.07 Å². The number of aryl methyl sites for hydroxylation is 1. The van der Waals surface area contributed by atoms with Crippen LogP contribution in [0, 0.1) is 11.6 Å². The molecule has 1 heterocycles. The van der Waals surface area contributed by atoms with Crippen LogP contribution in [0.1, 0.15) is 61.9 Å². The lowest BCUT2D eigenvalue weighted by molar-refractivity contribution is 0.372. The number of rotatable bonds is 7. The highest BCUT2D eigenvalue weighted by molar-refractivity contribution is 7.91. The van der Waals surface area contributed by atoms with Gasteiger partial charge in [-0.1, -0.05) is 36.4 Å². The smallest absolute Gasteiger partial charge is 0.257 e. The summed E-state index contributed by atoms with van der Waals surface area (Å²) in [5, 5.41) is -2.28. The summed E-state index contributed by atoms with van der Waals surface area (Å²) in [6.45, 7) is 3.70. The fourth-order valence-corrected chi connectivity index (χ4v) is 6.59. The molecule has 6 nitrogen and oxygen atoms in total. The number of alkyl halides is 1. The van der Waals surface area contributed by atoms with Gasteiger partial charge in [0.2, 0.25) is 15.0 Å². The zero-order valence-corrected chi connectivity index (χ0v) is 21.4. The van der Waals surface area contributed by atoms with Crippen LogP contribution in [0.5, 0.6) is 0 Å². The largest absolute Gasteiger partial charge is 0.296 e. The van der Waals surface area contributed by atoms with Gasteiger partial charge in [0.05, 0.1) is 12.0 Å². The Labute approximate surface area is 213 Å². The van der Waals surface area contributed by atoms with Crippen LogP contribution in [0.2, 0.25) is 0 Å². The summed E-state index contributed by atoms with van der Waals surface area (Å²) in [4.78, 5) is 18.0. The van der Waals surface area contributed by atoms with E-state index in [2.05, 4.69) is 9.71 Å². The Hall–Kier alpha value is -2.98. The summed E-state index contributed by atoms with van der Waals surface area (Å²) < 4.78 is 72.6. The fraction of sp³-hybridized carbons (Fsp3) is 0.407. The second kappa shape index (κ2) is 9.40. The number of aromatic nitrogens is 2. The molecule has 0 aliphatic heterocycles. The van der Waals surface area contributed by atoms with Crippen molar-refractivity contribution in [3.63, 3.8) is 0 Å². The molecule has 0 bridgehead atoms. The second-order valence-corrected chi connectivity index (χ2v) is 12.1. The van der Waals surface area contributed by atoms with E-state index in [9.17, 15) is 26.4 Å². The minimum Gasteiger partial charge on any atom is -0.296 e. The van der Waals surface area contributed by atoms with E-state index in [1.807, 2.05) is 13.8 Å². The van der Waals surface area contributed by atoms with Gasteiger partial charge < -0.3 is 0 Å². The van der Waals surface area contributed by atoms with Crippen LogP contribution in [-0.4, -0.2) is 29.0 Å². The fourth-order valence-electron chi connectivity index (χ4n) is 5.05. The molecule has 1 N–H and O–H groups in total. The van der Waals surface area contributed by atoms with E-state index >= 15 is 0 Å². The lowest BCUT2D eigenvalue weighted by atomic mass is 9.78. The first-order chi connectivity index (χ1) is 17.5. The number of nitrogens with zero attached hydrogens (tertiary/aromatic N) is 2. The third-order valence-corrected chi connectivity index (χ3v) is 9.28. The molecule has 5 rings (SSSR count). The molecule has 2 aliphatic carbocycles. The molecule has 2 atom stereocenters. The van der Waals surface area contributed by atoms with Gasteiger partial charge in [-0.05, 0) is 50.3 Å². The number of nitrogens with one attached hydrogen (secondary N) is 1. The maximum Gasteiger partial charge on any atom is 0.257 e. The minimum atomic E-state index is -4.25. The number of fused-ring (bicyclic) bond motifs is 1. The highest BCUT2D eigenvalue weighted by Crippen LogP contribution is 2.45. The Morgan fingerprint density at radius 1 is 1.16 bits per heavy atom. The summed E-state index contributed by atoms with van der Waals surface area (Å²) in [7, 11) is -4.25. The van der Waals surface area contributed by atoms with Gasteiger partial charge in [0, 0.05) is 42.0 Å². The van der Waals surface area contributed by atoms with E-state index in [0.29, 0.717) is 35.2 Å². The molecule has 1 aromatic heterocycles. The summed E-state index contributed by atoms with van der Waals surface area (Å²) >= 11 is 0. The molecule has 2 unspecified atom stereocenters. The lowest BCUT2D eigenvalue weighted by Crippen LogP contribution is -2.48. The number of halogens is 3. The van der Waals surface area contributed by atoms with Crippen LogP contribution >= 0.6 is 0 Å². The molecular weight excluding hydrogens is 503 g/mol. The molecule has 0 radical (unpaired) electrons. The van der Waals surface area contributed by atoms with Crippen molar-refractivity contribution < 1.29 is 21.6 Å². The summed E-state index contributed by atoms with van der Waals surface area (Å²) in [5.74, 6) is -2.55. The highest BCUT2D eigenvalue weighted by Gasteiger charge is 2.56. The highest BCUT2D eigenvalue weighted by atomic mass is 32.2. The molecule has 0 amide bonds. The predicted octanol–water partition coefficient (Wildman–Crippen LogP) is 4.79. The zero-order valence-electron chi connectivity index (χ0n) is 20.5. The van der Waals surface area contributed by atoms with Crippen molar-refractivity contribution in [3.05, 3.63) is 87.6 Å². The summed E-state index contributed by atoms with van der Waals surface area (Å²) in [5.41, 5.74) is 1.98. The van der Waals surface area contributed by atoms with E-state index < -0.39 is 38.6 Å². The molecule has 0 saturated heterocycles. The van der Waals surface area contributed by atoms with E-state index in [1.54, 1.807) is 24.3 Å². The molecule has 2 aromatic carbocycles. The average Bonchev–Trinajstić information content (AvgIpc) is 3.61. The molecular formula is C27H28F3N3O3S. The monoisotopic (exact) mass is 531 g/mol. The lowest BCUT2D eigenvalue weighted by Gasteiger charge is -2.34. The van der Waals surface area contributed by atoms with Crippen LogP contribution in [0.25, 0.3) is 11.1 Å². The average molecular weight is 532 g/mol. The number of sulfonamides is 1. The molecule has 196 valence electrons. The Balaban J connectivity index is 1.57. The summed E-state index contributed by atoms with van der Waals surface area (Å²) in [6.07, 6.45) is 2.34. The topological polar surface area (TPSA) is 81.1 Å². The van der Waals surface area contributed by atoms with Crippen molar-refractivity contribution in [3.8, 4) is 11.1 Å². The van der Waals surface area contributed by atoms with Gasteiger partial charge in [0.25, 0.3) is 5.56 Å². The maximum atomic E-state index is 14.6. The molecule has 2 aliphatic rings. The van der Waals surface area contributed by atoms with Crippen LogP contribution in [0.3, 0.4) is 0 Å². The van der Waals surface area contributed by atoms with Crippen molar-refractivity contribution in [2.75, 3.05) is 0 Å². The van der Waals surface area contributed by atoms with Gasteiger partial charge in [0.1, 0.15) is 0 Å². The first-order valence-electron chi connectivity index (χ1n) is 12.3. The van der Waals surface area contributed by atoms with E-state index in [-0.39, 0.29) is 36.4 Å². The first kappa shape index (κ1) is 25.7. The van der Waals surface area contributed by atoms with Crippen molar-refractivity contribution in [2.24, 2.45) is 0 Å². The van der Waals surface area contributed by atoms with Crippen LogP contribution in [-0.2, 0) is 22.9 Å². The van der Waals surface area contributed by atoms with Gasteiger partial charge in [-0.3, -0.25) is 9.36 Å². The molecule has 10 heteroatoms. The first-order valence-corrected chi connectivity index (χ1v) is 13.8. The second-order valence-electron chi connectivity index (χ2n) is 10.2. The number of hydrogen-bond acceptors (Lipinski definition) is 4. The molecule has 1 fully saturated rings. The minimum absolute atomic E-state index is 0.0563. The Morgan fingerprint density at radius 3 is 2.59 bits per heavy atom. The van der Waals surface area contributed by atoms with Gasteiger partial charge in [-0.2, -0.15) is 0 Å². The predicted molar refractivity (Wildman–Crippen MR) is 134 cm³/mol. The van der Waals surface area contributed by atoms with Crippen molar-refractivity contribution in [1.82, 2.24) is 14.3 Å². The third-order valence-electron chi connectivity index (χ3n) is 7.30. The molecule has 1 saturated carbocycles. The molecule has 37 heavy (non-hydrogen) atoms. The van der Waals surface area contributed by atoms with Crippen LogP contribution in [0.15, 0.2) is 53.6 Å². The van der Waals surface area contributed by atoms with E-state index in [4.69, 9.17) is 0 Å². The number of benzene rings is 2. The Kier molecular flexibility index (Phi) is 6.52. The Bertz CT molecular complexity index is 1520. The van der Waals surface area contributed by atoms with E-state index in [1.165, 1.54) is 23.0 Å². The van der Waals surface area contributed by atoms with Crippen molar-refractivity contribution in [2.45, 2.75) is 69.0 Å². The third kappa shape index (κ3) is 4.72.